The fraction of sp³-hybridized carbons (Fsp3) is 0.417. The van der Waals surface area contributed by atoms with Crippen molar-refractivity contribution < 1.29 is 9.59 Å². The largest absolute Gasteiger partial charge is 0.352 e. The molecule has 1 rings (SSSR count). The molecule has 0 aliphatic carbocycles. The zero-order valence-electron chi connectivity index (χ0n) is 10.7. The molecule has 6 heteroatoms. The average molecular weight is 250 g/mol. The van der Waals surface area contributed by atoms with Crippen molar-refractivity contribution in [3.05, 3.63) is 30.9 Å². The Morgan fingerprint density at radius 3 is 2.89 bits per heavy atom. The number of imidazole rings is 1. The first kappa shape index (κ1) is 14.0. The molecule has 0 atom stereocenters. The predicted molar refractivity (Wildman–Crippen MR) is 67.5 cm³/mol. The highest BCUT2D eigenvalue weighted by Crippen LogP contribution is 2.02. The zero-order valence-corrected chi connectivity index (χ0v) is 10.7. The molecule has 18 heavy (non-hydrogen) atoms. The number of aryl methyl sites for hydroxylation is 1. The van der Waals surface area contributed by atoms with Crippen molar-refractivity contribution in [3.63, 3.8) is 0 Å². The Labute approximate surface area is 106 Å². The third kappa shape index (κ3) is 4.04. The van der Waals surface area contributed by atoms with Crippen molar-refractivity contribution >= 4 is 11.8 Å². The van der Waals surface area contributed by atoms with Gasteiger partial charge in [0.05, 0.1) is 18.6 Å². The van der Waals surface area contributed by atoms with E-state index < -0.39 is 0 Å². The van der Waals surface area contributed by atoms with Crippen LogP contribution in [0.1, 0.15) is 12.1 Å². The minimum Gasteiger partial charge on any atom is -0.352 e. The predicted octanol–water partition coefficient (Wildman–Crippen LogP) is 0.0708. The van der Waals surface area contributed by atoms with Gasteiger partial charge in [-0.25, -0.2) is 4.98 Å². The molecule has 6 nitrogen and oxygen atoms in total. The van der Waals surface area contributed by atoms with Crippen LogP contribution < -0.4 is 5.32 Å². The van der Waals surface area contributed by atoms with Crippen LogP contribution in [0.3, 0.4) is 0 Å². The second kappa shape index (κ2) is 6.58. The molecule has 1 N–H and O–H groups in total. The van der Waals surface area contributed by atoms with Gasteiger partial charge in [0.1, 0.15) is 0 Å². The first-order chi connectivity index (χ1) is 8.54. The van der Waals surface area contributed by atoms with Gasteiger partial charge in [-0.3, -0.25) is 9.59 Å². The molecule has 98 valence electrons. The fourth-order valence-electron chi connectivity index (χ4n) is 1.42. The van der Waals surface area contributed by atoms with Gasteiger partial charge < -0.3 is 14.8 Å². The molecule has 0 radical (unpaired) electrons. The molecule has 0 aliphatic rings. The number of aromatic nitrogens is 2. The lowest BCUT2D eigenvalue weighted by atomic mass is 10.3. The fourth-order valence-corrected chi connectivity index (χ4v) is 1.42. The van der Waals surface area contributed by atoms with Crippen LogP contribution in [-0.4, -0.2) is 39.9 Å². The molecule has 0 aliphatic heterocycles. The summed E-state index contributed by atoms with van der Waals surface area (Å²) >= 11 is 0. The molecule has 0 spiro atoms. The number of hydrogen-bond donors (Lipinski definition) is 1. The third-order valence-electron chi connectivity index (χ3n) is 2.56. The van der Waals surface area contributed by atoms with Crippen LogP contribution in [0.4, 0.5) is 0 Å². The molecular formula is C12H18N4O2. The average Bonchev–Trinajstić information content (AvgIpc) is 2.74. The van der Waals surface area contributed by atoms with Gasteiger partial charge in [-0.05, 0) is 6.08 Å². The second-order valence-electron chi connectivity index (χ2n) is 3.99. The molecule has 0 bridgehead atoms. The van der Waals surface area contributed by atoms with E-state index in [-0.39, 0.29) is 18.2 Å². The normalized spacial score (nSPS) is 9.89. The lowest BCUT2D eigenvalue weighted by Gasteiger charge is -2.17. The van der Waals surface area contributed by atoms with Gasteiger partial charge in [-0.1, -0.05) is 6.58 Å². The van der Waals surface area contributed by atoms with Gasteiger partial charge in [0.25, 0.3) is 0 Å². The van der Waals surface area contributed by atoms with E-state index in [4.69, 9.17) is 0 Å². The number of carbonyl (C=O) groups excluding carboxylic acids is 2. The van der Waals surface area contributed by atoms with Crippen molar-refractivity contribution in [2.24, 2.45) is 7.05 Å². The van der Waals surface area contributed by atoms with Crippen molar-refractivity contribution in [1.29, 1.82) is 0 Å². The van der Waals surface area contributed by atoms with Gasteiger partial charge in [-0.15, -0.1) is 0 Å². The summed E-state index contributed by atoms with van der Waals surface area (Å²) in [5, 5.41) is 2.57. The molecule has 1 heterocycles. The van der Waals surface area contributed by atoms with Crippen LogP contribution in [0.15, 0.2) is 25.2 Å². The van der Waals surface area contributed by atoms with Crippen molar-refractivity contribution in [2.45, 2.75) is 13.0 Å². The minimum atomic E-state index is -0.267. The summed E-state index contributed by atoms with van der Waals surface area (Å²) in [6.45, 7) is 4.16. The zero-order chi connectivity index (χ0) is 13.5. The summed E-state index contributed by atoms with van der Waals surface area (Å²) in [6.07, 6.45) is 4.87. The third-order valence-corrected chi connectivity index (χ3v) is 2.56. The molecule has 2 amide bonds. The van der Waals surface area contributed by atoms with Crippen LogP contribution >= 0.6 is 0 Å². The van der Waals surface area contributed by atoms with Gasteiger partial charge in [0.15, 0.2) is 0 Å². The Kier molecular flexibility index (Phi) is 5.10. The number of nitrogens with one attached hydrogen (secondary N) is 1. The van der Waals surface area contributed by atoms with E-state index in [9.17, 15) is 9.59 Å². The van der Waals surface area contributed by atoms with Crippen LogP contribution in [-0.2, 0) is 23.2 Å². The Morgan fingerprint density at radius 2 is 2.33 bits per heavy atom. The van der Waals surface area contributed by atoms with Crippen LogP contribution in [0.2, 0.25) is 0 Å². The van der Waals surface area contributed by atoms with Gasteiger partial charge in [0, 0.05) is 33.3 Å². The number of carbonyl (C=O) groups is 2. The number of hydrogen-bond acceptors (Lipinski definition) is 3. The summed E-state index contributed by atoms with van der Waals surface area (Å²) in [5.74, 6) is -0.294. The molecule has 0 saturated carbocycles. The lowest BCUT2D eigenvalue weighted by Crippen LogP contribution is -2.31. The Balaban J connectivity index is 2.35. The van der Waals surface area contributed by atoms with Crippen molar-refractivity contribution in [3.8, 4) is 0 Å². The Hall–Kier alpha value is -2.11. The van der Waals surface area contributed by atoms with E-state index in [0.29, 0.717) is 13.1 Å². The highest BCUT2D eigenvalue weighted by Gasteiger charge is 2.10. The summed E-state index contributed by atoms with van der Waals surface area (Å²) in [4.78, 5) is 28.3. The molecule has 0 saturated heterocycles. The smallest absolute Gasteiger partial charge is 0.243 e. The molecule has 0 aromatic carbocycles. The van der Waals surface area contributed by atoms with E-state index in [0.717, 1.165) is 5.69 Å². The monoisotopic (exact) mass is 250 g/mol. The summed E-state index contributed by atoms with van der Waals surface area (Å²) in [6, 6.07) is 0. The highest BCUT2D eigenvalue weighted by atomic mass is 16.2. The van der Waals surface area contributed by atoms with E-state index in [2.05, 4.69) is 16.9 Å². The van der Waals surface area contributed by atoms with Gasteiger partial charge in [-0.2, -0.15) is 0 Å². The second-order valence-corrected chi connectivity index (χ2v) is 3.99. The quantitative estimate of drug-likeness (QED) is 0.727. The summed E-state index contributed by atoms with van der Waals surface area (Å²) < 4.78 is 1.86. The number of nitrogens with zero attached hydrogens (tertiary/aromatic N) is 3. The SMILES string of the molecule is C=CC(=O)NCCC(=O)N(C)Cc1cncn1C. The van der Waals surface area contributed by atoms with Crippen molar-refractivity contribution in [1.82, 2.24) is 19.8 Å². The Bertz CT molecular complexity index is 439. The summed E-state index contributed by atoms with van der Waals surface area (Å²) in [7, 11) is 3.61. The topological polar surface area (TPSA) is 67.2 Å². The maximum absolute atomic E-state index is 11.8. The summed E-state index contributed by atoms with van der Waals surface area (Å²) in [5.41, 5.74) is 0.959. The van der Waals surface area contributed by atoms with Crippen molar-refractivity contribution in [2.75, 3.05) is 13.6 Å². The van der Waals surface area contributed by atoms with E-state index in [1.165, 1.54) is 6.08 Å². The minimum absolute atomic E-state index is 0.0273. The van der Waals surface area contributed by atoms with Crippen LogP contribution in [0.25, 0.3) is 0 Å². The van der Waals surface area contributed by atoms with E-state index in [1.807, 2.05) is 11.6 Å². The molecule has 0 fully saturated rings. The standard InChI is InChI=1S/C12H18N4O2/c1-4-11(17)14-6-5-12(18)15(2)8-10-7-13-9-16(10)3/h4,7,9H,1,5-6,8H2,2-3H3,(H,14,17). The van der Waals surface area contributed by atoms with Gasteiger partial charge in [0.2, 0.25) is 11.8 Å². The first-order valence-corrected chi connectivity index (χ1v) is 5.64. The van der Waals surface area contributed by atoms with Gasteiger partial charge >= 0.3 is 0 Å². The van der Waals surface area contributed by atoms with Crippen LogP contribution in [0.5, 0.6) is 0 Å². The molecule has 1 aromatic heterocycles. The maximum atomic E-state index is 11.8. The van der Waals surface area contributed by atoms with Crippen LogP contribution in [0, 0.1) is 0 Å². The number of amides is 2. The first-order valence-electron chi connectivity index (χ1n) is 5.64. The Morgan fingerprint density at radius 1 is 1.61 bits per heavy atom. The number of rotatable bonds is 6. The molecule has 0 unspecified atom stereocenters. The highest BCUT2D eigenvalue weighted by molar-refractivity contribution is 5.87. The molecule has 1 aromatic rings. The van der Waals surface area contributed by atoms with E-state index >= 15 is 0 Å². The molecular weight excluding hydrogens is 232 g/mol. The maximum Gasteiger partial charge on any atom is 0.243 e. The van der Waals surface area contributed by atoms with E-state index in [1.54, 1.807) is 24.5 Å². The lowest BCUT2D eigenvalue weighted by molar-refractivity contribution is -0.130.